The number of non-ortho nitro benzene ring substituents is 1. The summed E-state index contributed by atoms with van der Waals surface area (Å²) in [6, 6.07) is 11.7. The van der Waals surface area contributed by atoms with E-state index in [0.29, 0.717) is 25.4 Å². The number of morpholine rings is 1. The third kappa shape index (κ3) is 5.27. The number of amides is 1. The zero-order valence-corrected chi connectivity index (χ0v) is 17.8. The Morgan fingerprint density at radius 2 is 2.00 bits per heavy atom. The predicted octanol–water partition coefficient (Wildman–Crippen LogP) is 3.54. The number of hydrogen-bond donors (Lipinski definition) is 1. The van der Waals surface area contributed by atoms with Crippen LogP contribution in [0.5, 0.6) is 0 Å². The molecule has 1 N–H and O–H groups in total. The summed E-state index contributed by atoms with van der Waals surface area (Å²) in [5.74, 6) is -0.239. The van der Waals surface area contributed by atoms with E-state index in [1.165, 1.54) is 18.2 Å². The lowest BCUT2D eigenvalue weighted by molar-refractivity contribution is -0.384. The lowest BCUT2D eigenvalue weighted by atomic mass is 10.1. The molecule has 0 radical (unpaired) electrons. The second kappa shape index (κ2) is 9.88. The van der Waals surface area contributed by atoms with Crippen molar-refractivity contribution in [2.45, 2.75) is 19.5 Å². The van der Waals surface area contributed by atoms with Gasteiger partial charge in [0.2, 0.25) is 5.91 Å². The maximum Gasteiger partial charge on any atom is 0.271 e. The summed E-state index contributed by atoms with van der Waals surface area (Å²) in [6.45, 7) is 5.50. The highest BCUT2D eigenvalue weighted by atomic mass is 35.5. The van der Waals surface area contributed by atoms with Crippen molar-refractivity contribution in [3.63, 3.8) is 0 Å². The largest absolute Gasteiger partial charge is 0.378 e. The first-order valence-corrected chi connectivity index (χ1v) is 10.1. The van der Waals surface area contributed by atoms with Gasteiger partial charge in [-0.2, -0.15) is 0 Å². The molecule has 160 valence electrons. The van der Waals surface area contributed by atoms with E-state index in [2.05, 4.69) is 22.3 Å². The van der Waals surface area contributed by atoms with Crippen LogP contribution in [-0.2, 0) is 16.1 Å². The number of para-hydroxylation sites is 1. The van der Waals surface area contributed by atoms with Gasteiger partial charge >= 0.3 is 0 Å². The van der Waals surface area contributed by atoms with Crippen molar-refractivity contribution in [3.8, 4) is 0 Å². The van der Waals surface area contributed by atoms with Crippen LogP contribution in [0, 0.1) is 10.1 Å². The van der Waals surface area contributed by atoms with Crippen LogP contribution >= 0.6 is 11.6 Å². The maximum atomic E-state index is 12.7. The number of rotatable bonds is 7. The molecule has 9 heteroatoms. The molecule has 1 atom stereocenters. The summed E-state index contributed by atoms with van der Waals surface area (Å²) in [5.41, 5.74) is 2.51. The first-order chi connectivity index (χ1) is 14.4. The number of hydrogen-bond acceptors (Lipinski definition) is 6. The highest BCUT2D eigenvalue weighted by molar-refractivity contribution is 6.34. The molecule has 1 fully saturated rings. The van der Waals surface area contributed by atoms with E-state index in [1.54, 1.807) is 0 Å². The van der Waals surface area contributed by atoms with Crippen LogP contribution in [0.4, 0.5) is 17.1 Å². The topological polar surface area (TPSA) is 87.9 Å². The number of halogens is 1. The maximum absolute atomic E-state index is 12.7. The van der Waals surface area contributed by atoms with Gasteiger partial charge in [-0.05, 0) is 31.7 Å². The highest BCUT2D eigenvalue weighted by Crippen LogP contribution is 2.27. The molecule has 2 aromatic carbocycles. The van der Waals surface area contributed by atoms with Crippen LogP contribution in [0.15, 0.2) is 42.5 Å². The first-order valence-electron chi connectivity index (χ1n) is 9.72. The van der Waals surface area contributed by atoms with Gasteiger partial charge in [-0.15, -0.1) is 0 Å². The molecule has 8 nitrogen and oxygen atoms in total. The molecule has 1 aliphatic rings. The minimum Gasteiger partial charge on any atom is -0.378 e. The monoisotopic (exact) mass is 432 g/mol. The van der Waals surface area contributed by atoms with Crippen molar-refractivity contribution in [1.82, 2.24) is 4.90 Å². The number of likely N-dealkylation sites (N-methyl/N-ethyl adjacent to an activating group) is 1. The SMILES string of the molecule is C[C@H](C(=O)Nc1ccc([N+](=O)[O-])cc1Cl)N(C)Cc1ccccc1N1CCOCC1. The Morgan fingerprint density at radius 3 is 2.67 bits per heavy atom. The van der Waals surface area contributed by atoms with Gasteiger partial charge in [-0.1, -0.05) is 29.8 Å². The molecule has 30 heavy (non-hydrogen) atoms. The van der Waals surface area contributed by atoms with E-state index in [0.717, 1.165) is 24.3 Å². The third-order valence-corrected chi connectivity index (χ3v) is 5.54. The number of carbonyl (C=O) groups excluding carboxylic acids is 1. The minimum absolute atomic E-state index is 0.122. The molecule has 0 unspecified atom stereocenters. The molecule has 0 saturated carbocycles. The molecule has 1 heterocycles. The Kier molecular flexibility index (Phi) is 7.25. The zero-order chi connectivity index (χ0) is 21.7. The van der Waals surface area contributed by atoms with Gasteiger partial charge in [0.1, 0.15) is 0 Å². The number of nitro groups is 1. The Labute approximate surface area is 180 Å². The molecule has 0 bridgehead atoms. The number of benzene rings is 2. The molecule has 2 aromatic rings. The molecular weight excluding hydrogens is 408 g/mol. The summed E-state index contributed by atoms with van der Waals surface area (Å²) in [5, 5.41) is 13.7. The normalized spacial score (nSPS) is 15.1. The van der Waals surface area contributed by atoms with Gasteiger partial charge < -0.3 is 15.0 Å². The lowest BCUT2D eigenvalue weighted by Crippen LogP contribution is -2.40. The molecule has 1 amide bonds. The number of ether oxygens (including phenoxy) is 1. The molecule has 1 saturated heterocycles. The van der Waals surface area contributed by atoms with Gasteiger partial charge in [-0.25, -0.2) is 0 Å². The van der Waals surface area contributed by atoms with Crippen LogP contribution in [0.3, 0.4) is 0 Å². The summed E-state index contributed by atoms with van der Waals surface area (Å²) in [6.07, 6.45) is 0. The van der Waals surface area contributed by atoms with Crippen LogP contribution in [0.1, 0.15) is 12.5 Å². The predicted molar refractivity (Wildman–Crippen MR) is 117 cm³/mol. The molecule has 0 spiro atoms. The highest BCUT2D eigenvalue weighted by Gasteiger charge is 2.22. The lowest BCUT2D eigenvalue weighted by Gasteiger charge is -2.32. The van der Waals surface area contributed by atoms with Gasteiger partial charge in [0.25, 0.3) is 5.69 Å². The van der Waals surface area contributed by atoms with E-state index < -0.39 is 11.0 Å². The number of carbonyl (C=O) groups is 1. The fraction of sp³-hybridized carbons (Fsp3) is 0.381. The fourth-order valence-corrected chi connectivity index (χ4v) is 3.54. The summed E-state index contributed by atoms with van der Waals surface area (Å²) < 4.78 is 5.45. The van der Waals surface area contributed by atoms with Crippen LogP contribution < -0.4 is 10.2 Å². The Bertz CT molecular complexity index is 918. The number of anilines is 2. The second-order valence-corrected chi connectivity index (χ2v) is 7.64. The van der Waals surface area contributed by atoms with E-state index in [4.69, 9.17) is 16.3 Å². The first kappa shape index (κ1) is 22.0. The van der Waals surface area contributed by atoms with E-state index in [1.807, 2.05) is 31.0 Å². The average Bonchev–Trinajstić information content (AvgIpc) is 2.75. The van der Waals surface area contributed by atoms with E-state index in [9.17, 15) is 14.9 Å². The summed E-state index contributed by atoms with van der Waals surface area (Å²) >= 11 is 6.09. The number of nitrogens with one attached hydrogen (secondary N) is 1. The van der Waals surface area contributed by atoms with E-state index >= 15 is 0 Å². The van der Waals surface area contributed by atoms with Crippen molar-refractivity contribution in [2.75, 3.05) is 43.6 Å². The Hall–Kier alpha value is -2.68. The summed E-state index contributed by atoms with van der Waals surface area (Å²) in [7, 11) is 1.89. The zero-order valence-electron chi connectivity index (χ0n) is 17.0. The average molecular weight is 433 g/mol. The van der Waals surface area contributed by atoms with Crippen LogP contribution in [0.25, 0.3) is 0 Å². The third-order valence-electron chi connectivity index (χ3n) is 5.23. The van der Waals surface area contributed by atoms with Gasteiger partial charge in [0.15, 0.2) is 0 Å². The smallest absolute Gasteiger partial charge is 0.271 e. The standard InChI is InChI=1S/C21H25ClN4O4/c1-15(21(27)23-19-8-7-17(26(28)29)13-18(19)22)24(2)14-16-5-3-4-6-20(16)25-9-11-30-12-10-25/h3-8,13,15H,9-12,14H2,1-2H3,(H,23,27)/t15-/m1/s1. The molecule has 0 aromatic heterocycles. The number of nitrogens with zero attached hydrogens (tertiary/aromatic N) is 3. The van der Waals surface area contributed by atoms with E-state index in [-0.39, 0.29) is 16.6 Å². The van der Waals surface area contributed by atoms with Crippen LogP contribution in [-0.4, -0.2) is 55.1 Å². The minimum atomic E-state index is -0.528. The molecular formula is C21H25ClN4O4. The quantitative estimate of drug-likeness (QED) is 0.531. The van der Waals surface area contributed by atoms with Gasteiger partial charge in [0.05, 0.1) is 34.9 Å². The Morgan fingerprint density at radius 1 is 1.30 bits per heavy atom. The summed E-state index contributed by atoms with van der Waals surface area (Å²) in [4.78, 5) is 27.3. The molecule has 1 aliphatic heterocycles. The van der Waals surface area contributed by atoms with Crippen molar-refractivity contribution >= 4 is 34.6 Å². The van der Waals surface area contributed by atoms with Crippen molar-refractivity contribution in [1.29, 1.82) is 0 Å². The van der Waals surface area contributed by atoms with Crippen molar-refractivity contribution < 1.29 is 14.5 Å². The number of nitro benzene ring substituents is 1. The Balaban J connectivity index is 1.67. The van der Waals surface area contributed by atoms with Crippen LogP contribution in [0.2, 0.25) is 5.02 Å². The van der Waals surface area contributed by atoms with Gasteiger partial charge in [-0.3, -0.25) is 19.8 Å². The molecule has 3 rings (SSSR count). The fourth-order valence-electron chi connectivity index (χ4n) is 3.32. The van der Waals surface area contributed by atoms with Gasteiger partial charge in [0, 0.05) is 37.5 Å². The molecule has 0 aliphatic carbocycles. The second-order valence-electron chi connectivity index (χ2n) is 7.23. The van der Waals surface area contributed by atoms with Crippen molar-refractivity contribution in [2.24, 2.45) is 0 Å². The van der Waals surface area contributed by atoms with Crippen molar-refractivity contribution in [3.05, 3.63) is 63.2 Å².